The minimum Gasteiger partial charge on any atom is -0.206 e. The molecular formula is C40H49F3. The molecule has 2 fully saturated rings. The molecule has 5 rings (SSSR count). The van der Waals surface area contributed by atoms with E-state index in [9.17, 15) is 4.39 Å². The van der Waals surface area contributed by atoms with E-state index in [0.717, 1.165) is 67.4 Å². The molecule has 2 aliphatic carbocycles. The van der Waals surface area contributed by atoms with E-state index < -0.39 is 11.6 Å². The molecule has 0 spiro atoms. The normalized spacial score (nSPS) is 22.7. The smallest absolute Gasteiger partial charge is 0.166 e. The molecule has 0 amide bonds. The molecule has 2 saturated carbocycles. The highest BCUT2D eigenvalue weighted by atomic mass is 19.2. The Morgan fingerprint density at radius 2 is 1.26 bits per heavy atom. The van der Waals surface area contributed by atoms with Gasteiger partial charge in [-0.1, -0.05) is 93.3 Å². The van der Waals surface area contributed by atoms with E-state index in [4.69, 9.17) is 0 Å². The molecule has 0 aliphatic heterocycles. The first-order valence-corrected chi connectivity index (χ1v) is 17.0. The molecule has 2 aliphatic rings. The van der Waals surface area contributed by atoms with Crippen molar-refractivity contribution in [2.75, 3.05) is 0 Å². The van der Waals surface area contributed by atoms with Gasteiger partial charge in [-0.05, 0) is 123 Å². The predicted octanol–water partition coefficient (Wildman–Crippen LogP) is 12.6. The first-order chi connectivity index (χ1) is 21.0. The van der Waals surface area contributed by atoms with Gasteiger partial charge in [-0.3, -0.25) is 0 Å². The van der Waals surface area contributed by atoms with Crippen molar-refractivity contribution >= 4 is 0 Å². The van der Waals surface area contributed by atoms with Crippen LogP contribution in [-0.4, -0.2) is 0 Å². The summed E-state index contributed by atoms with van der Waals surface area (Å²) in [4.78, 5) is 0. The maximum atomic E-state index is 15.4. The number of unbranched alkanes of at least 4 members (excludes halogenated alkanes) is 4. The van der Waals surface area contributed by atoms with Crippen LogP contribution in [0, 0.1) is 35.2 Å². The van der Waals surface area contributed by atoms with Gasteiger partial charge in [0.25, 0.3) is 0 Å². The van der Waals surface area contributed by atoms with Crippen LogP contribution < -0.4 is 0 Å². The Kier molecular flexibility index (Phi) is 11.2. The van der Waals surface area contributed by atoms with Crippen molar-refractivity contribution < 1.29 is 13.2 Å². The van der Waals surface area contributed by atoms with Gasteiger partial charge in [-0.15, -0.1) is 0 Å². The minimum atomic E-state index is -0.801. The average Bonchev–Trinajstić information content (AvgIpc) is 3.04. The predicted molar refractivity (Wildman–Crippen MR) is 175 cm³/mol. The van der Waals surface area contributed by atoms with Crippen LogP contribution in [-0.2, 0) is 6.42 Å². The summed E-state index contributed by atoms with van der Waals surface area (Å²) >= 11 is 0. The highest BCUT2D eigenvalue weighted by molar-refractivity contribution is 5.71. The van der Waals surface area contributed by atoms with Crippen molar-refractivity contribution in [3.63, 3.8) is 0 Å². The summed E-state index contributed by atoms with van der Waals surface area (Å²) in [6, 6.07) is 16.2. The van der Waals surface area contributed by atoms with Crippen molar-refractivity contribution in [3.05, 3.63) is 95.3 Å². The first kappa shape index (κ1) is 31.6. The third kappa shape index (κ3) is 7.83. The third-order valence-electron chi connectivity index (χ3n) is 10.4. The van der Waals surface area contributed by atoms with Gasteiger partial charge in [0.1, 0.15) is 5.82 Å². The van der Waals surface area contributed by atoms with Crippen LogP contribution >= 0.6 is 0 Å². The second kappa shape index (κ2) is 15.3. The fourth-order valence-electron chi connectivity index (χ4n) is 7.78. The maximum Gasteiger partial charge on any atom is 0.166 e. The third-order valence-corrected chi connectivity index (χ3v) is 10.4. The Hall–Kier alpha value is -2.81. The zero-order valence-corrected chi connectivity index (χ0v) is 26.2. The lowest BCUT2D eigenvalue weighted by atomic mass is 9.68. The van der Waals surface area contributed by atoms with Gasteiger partial charge in [-0.2, -0.15) is 0 Å². The fourth-order valence-corrected chi connectivity index (χ4v) is 7.78. The van der Waals surface area contributed by atoms with Gasteiger partial charge in [0, 0.05) is 11.1 Å². The van der Waals surface area contributed by atoms with E-state index in [-0.39, 0.29) is 11.4 Å². The molecule has 0 nitrogen and oxygen atoms in total. The van der Waals surface area contributed by atoms with Gasteiger partial charge >= 0.3 is 0 Å². The quantitative estimate of drug-likeness (QED) is 0.155. The van der Waals surface area contributed by atoms with Crippen molar-refractivity contribution in [2.45, 2.75) is 110 Å². The molecule has 0 atom stereocenters. The number of rotatable bonds is 11. The van der Waals surface area contributed by atoms with Crippen LogP contribution in [0.3, 0.4) is 0 Å². The van der Waals surface area contributed by atoms with E-state index in [0.29, 0.717) is 29.0 Å². The fraction of sp³-hybridized carbons (Fsp3) is 0.500. The SMILES string of the molecule is C/C=C/C1CCC(C2CCC(c3ccc(-c4ccc(-c5ccc(CCCCCCC)c(F)c5F)cc4)c(F)c3)CC2)CC1. The Morgan fingerprint density at radius 1 is 0.651 bits per heavy atom. The Labute approximate surface area is 257 Å². The van der Waals surface area contributed by atoms with Crippen LogP contribution in [0.2, 0.25) is 0 Å². The zero-order chi connectivity index (χ0) is 30.2. The maximum absolute atomic E-state index is 15.4. The topological polar surface area (TPSA) is 0 Å². The van der Waals surface area contributed by atoms with Crippen LogP contribution in [0.15, 0.2) is 66.7 Å². The van der Waals surface area contributed by atoms with Gasteiger partial charge in [0.15, 0.2) is 11.6 Å². The van der Waals surface area contributed by atoms with Crippen LogP contribution in [0.25, 0.3) is 22.3 Å². The largest absolute Gasteiger partial charge is 0.206 e. The van der Waals surface area contributed by atoms with E-state index in [2.05, 4.69) is 32.1 Å². The number of hydrogen-bond acceptors (Lipinski definition) is 0. The van der Waals surface area contributed by atoms with E-state index in [1.54, 1.807) is 30.3 Å². The molecular weight excluding hydrogens is 537 g/mol. The van der Waals surface area contributed by atoms with Crippen molar-refractivity contribution in [1.29, 1.82) is 0 Å². The van der Waals surface area contributed by atoms with Crippen LogP contribution in [0.4, 0.5) is 13.2 Å². The lowest BCUT2D eigenvalue weighted by Gasteiger charge is -2.37. The van der Waals surface area contributed by atoms with Crippen molar-refractivity contribution in [1.82, 2.24) is 0 Å². The average molecular weight is 587 g/mol. The molecule has 0 bridgehead atoms. The Morgan fingerprint density at radius 3 is 1.88 bits per heavy atom. The first-order valence-electron chi connectivity index (χ1n) is 17.0. The van der Waals surface area contributed by atoms with Crippen molar-refractivity contribution in [3.8, 4) is 22.3 Å². The van der Waals surface area contributed by atoms with Gasteiger partial charge in [0.2, 0.25) is 0 Å². The number of allylic oxidation sites excluding steroid dienone is 2. The van der Waals surface area contributed by atoms with Crippen molar-refractivity contribution in [2.24, 2.45) is 17.8 Å². The summed E-state index contributed by atoms with van der Waals surface area (Å²) < 4.78 is 45.3. The summed E-state index contributed by atoms with van der Waals surface area (Å²) in [7, 11) is 0. The molecule has 0 radical (unpaired) electrons. The number of halogens is 3. The molecule has 3 aromatic rings. The number of aryl methyl sites for hydroxylation is 1. The lowest BCUT2D eigenvalue weighted by molar-refractivity contribution is 0.171. The molecule has 43 heavy (non-hydrogen) atoms. The zero-order valence-electron chi connectivity index (χ0n) is 26.2. The molecule has 3 heteroatoms. The number of hydrogen-bond donors (Lipinski definition) is 0. The van der Waals surface area contributed by atoms with Gasteiger partial charge < -0.3 is 0 Å². The molecule has 3 aromatic carbocycles. The summed E-state index contributed by atoms with van der Waals surface area (Å²) in [6.07, 6.45) is 20.7. The monoisotopic (exact) mass is 586 g/mol. The molecule has 0 saturated heterocycles. The summed E-state index contributed by atoms with van der Waals surface area (Å²) in [6.45, 7) is 4.29. The molecule has 0 unspecified atom stereocenters. The van der Waals surface area contributed by atoms with E-state index >= 15 is 8.78 Å². The highest BCUT2D eigenvalue weighted by Crippen LogP contribution is 2.44. The molecule has 0 N–H and O–H groups in total. The minimum absolute atomic E-state index is 0.213. The molecule has 0 aromatic heterocycles. The van der Waals surface area contributed by atoms with Gasteiger partial charge in [0.05, 0.1) is 0 Å². The number of benzene rings is 3. The highest BCUT2D eigenvalue weighted by Gasteiger charge is 2.31. The van der Waals surface area contributed by atoms with Gasteiger partial charge in [-0.25, -0.2) is 13.2 Å². The Bertz CT molecular complexity index is 1340. The van der Waals surface area contributed by atoms with Crippen LogP contribution in [0.5, 0.6) is 0 Å². The Balaban J connectivity index is 1.18. The summed E-state index contributed by atoms with van der Waals surface area (Å²) in [5, 5.41) is 0. The molecule has 230 valence electrons. The molecule has 0 heterocycles. The second-order valence-electron chi connectivity index (χ2n) is 13.2. The van der Waals surface area contributed by atoms with E-state index in [1.807, 2.05) is 18.2 Å². The second-order valence-corrected chi connectivity index (χ2v) is 13.2. The van der Waals surface area contributed by atoms with E-state index in [1.165, 1.54) is 44.9 Å². The summed E-state index contributed by atoms with van der Waals surface area (Å²) in [5.41, 5.74) is 3.68. The summed E-state index contributed by atoms with van der Waals surface area (Å²) in [5.74, 6) is 1.15. The lowest BCUT2D eigenvalue weighted by Crippen LogP contribution is -2.25. The van der Waals surface area contributed by atoms with Crippen LogP contribution in [0.1, 0.15) is 114 Å². The standard InChI is InChI=1S/C40H49F3/c1-3-5-6-7-8-10-34-23-26-37(40(43)39(34)42)33-21-19-32(20-22-33)36-25-24-35(27-38(36)41)31-17-15-30(16-18-31)29-13-11-28(9-4-2)12-14-29/h4,9,19-31H,3,5-8,10-18H2,1-2H3/b9-4+.